The lowest BCUT2D eigenvalue weighted by Crippen LogP contribution is -1.95. The molecule has 0 saturated heterocycles. The maximum absolute atomic E-state index is 16.1. The average Bonchev–Trinajstić information content (AvgIpc) is 3.77. The lowest BCUT2D eigenvalue weighted by atomic mass is 10.0. The highest BCUT2D eigenvalue weighted by Gasteiger charge is 2.27. The van der Waals surface area contributed by atoms with Crippen molar-refractivity contribution in [3.8, 4) is 20.9 Å². The third-order valence-electron chi connectivity index (χ3n) is 7.18. The molecule has 5 aromatic rings. The van der Waals surface area contributed by atoms with Crippen molar-refractivity contribution in [2.24, 2.45) is 0 Å². The highest BCUT2D eigenvalue weighted by Crippen LogP contribution is 2.44. The van der Waals surface area contributed by atoms with Gasteiger partial charge in [-0.25, -0.2) is 13.8 Å². The lowest BCUT2D eigenvalue weighted by molar-refractivity contribution is 0.516. The number of benzene rings is 1. The van der Waals surface area contributed by atoms with Crippen LogP contribution in [0, 0.1) is 11.6 Å². The fourth-order valence-corrected chi connectivity index (χ4v) is 10.2. The van der Waals surface area contributed by atoms with Gasteiger partial charge < -0.3 is 0 Å². The zero-order valence-electron chi connectivity index (χ0n) is 23.4. The molecule has 0 spiro atoms. The molecule has 0 aliphatic carbocycles. The van der Waals surface area contributed by atoms with E-state index < -0.39 is 11.6 Å². The van der Waals surface area contributed by atoms with E-state index in [-0.39, 0.29) is 11.1 Å². The topological polar surface area (TPSA) is 38.7 Å². The number of aryl methyl sites for hydroxylation is 2. The van der Waals surface area contributed by atoms with Gasteiger partial charge in [-0.1, -0.05) is 63.7 Å². The fraction of sp³-hybridized carbons (Fsp3) is 0.387. The van der Waals surface area contributed by atoms with Crippen molar-refractivity contribution < 1.29 is 8.78 Å². The molecule has 0 fully saturated rings. The van der Waals surface area contributed by atoms with Gasteiger partial charge in [0.2, 0.25) is 0 Å². The monoisotopic (exact) mass is 769 g/mol. The van der Waals surface area contributed by atoms with Crippen molar-refractivity contribution in [2.45, 2.75) is 78.1 Å². The minimum absolute atomic E-state index is 0.202. The molecule has 42 heavy (non-hydrogen) atoms. The summed E-state index contributed by atoms with van der Waals surface area (Å²) >= 11 is 12.4. The molecule has 0 amide bonds. The highest BCUT2D eigenvalue weighted by molar-refractivity contribution is 9.12. The molecular weight excluding hydrogens is 740 g/mol. The number of thiophene rings is 2. The number of hydrogen-bond acceptors (Lipinski definition) is 7. The Balaban J connectivity index is 1.52. The van der Waals surface area contributed by atoms with E-state index in [1.807, 2.05) is 24.3 Å². The standard InChI is InChI=1S/C31H31Br2F2N3S4/c1-3-5-7-9-11-18-15-22(39-17-18)24-26(34)27(35)25(29-28(24)37-42-38-29)23-16-19(12-10-8-6-4-2)21(40-23)14-13-20-30(32)41-31(33)36-20/h13-17H,3-12H2,1-2H3/b14-13+. The van der Waals surface area contributed by atoms with Crippen LogP contribution in [0.4, 0.5) is 8.78 Å². The van der Waals surface area contributed by atoms with Gasteiger partial charge in [-0.15, -0.1) is 22.7 Å². The number of thiazole rings is 1. The van der Waals surface area contributed by atoms with Crippen molar-refractivity contribution in [1.82, 2.24) is 13.7 Å². The minimum Gasteiger partial charge on any atom is -0.228 e. The van der Waals surface area contributed by atoms with Crippen LogP contribution in [0.2, 0.25) is 0 Å². The lowest BCUT2D eigenvalue weighted by Gasteiger charge is -2.08. The van der Waals surface area contributed by atoms with Crippen LogP contribution in [0.3, 0.4) is 0 Å². The Morgan fingerprint density at radius 3 is 2.10 bits per heavy atom. The van der Waals surface area contributed by atoms with Crippen molar-refractivity contribution >= 4 is 101 Å². The third-order valence-corrected chi connectivity index (χ3v) is 12.1. The second-order valence-electron chi connectivity index (χ2n) is 10.2. The Morgan fingerprint density at radius 1 is 0.786 bits per heavy atom. The van der Waals surface area contributed by atoms with Crippen LogP contribution in [-0.4, -0.2) is 13.7 Å². The Morgan fingerprint density at radius 2 is 1.45 bits per heavy atom. The summed E-state index contributed by atoms with van der Waals surface area (Å²) in [5, 5.41) is 2.06. The minimum atomic E-state index is -0.858. The molecule has 0 bridgehead atoms. The summed E-state index contributed by atoms with van der Waals surface area (Å²) in [6, 6.07) is 4.00. The number of aromatic nitrogens is 3. The predicted molar refractivity (Wildman–Crippen MR) is 186 cm³/mol. The van der Waals surface area contributed by atoms with E-state index in [2.05, 4.69) is 64.8 Å². The van der Waals surface area contributed by atoms with Crippen LogP contribution in [-0.2, 0) is 12.8 Å². The molecule has 0 saturated carbocycles. The molecule has 0 N–H and O–H groups in total. The molecule has 222 valence electrons. The number of unbranched alkanes of at least 4 members (excludes halogenated alkanes) is 6. The smallest absolute Gasteiger partial charge is 0.170 e. The van der Waals surface area contributed by atoms with Crippen LogP contribution in [0.1, 0.15) is 86.9 Å². The SMILES string of the molecule is CCCCCCc1csc(-c2c(F)c(F)c(-c3cc(CCCCCC)c(/C=C/c4nc(Br)sc4Br)s3)c3nsnc23)c1. The van der Waals surface area contributed by atoms with Gasteiger partial charge in [-0.05, 0) is 98.3 Å². The van der Waals surface area contributed by atoms with Crippen molar-refractivity contribution in [2.75, 3.05) is 0 Å². The van der Waals surface area contributed by atoms with Crippen LogP contribution < -0.4 is 0 Å². The van der Waals surface area contributed by atoms with Crippen molar-refractivity contribution in [1.29, 1.82) is 0 Å². The summed E-state index contributed by atoms with van der Waals surface area (Å²) in [7, 11) is 0. The molecule has 11 heteroatoms. The molecular formula is C31H31Br2F2N3S4. The first kappa shape index (κ1) is 32.0. The van der Waals surface area contributed by atoms with E-state index in [9.17, 15) is 0 Å². The van der Waals surface area contributed by atoms with Gasteiger partial charge in [0.15, 0.2) is 15.6 Å². The van der Waals surface area contributed by atoms with Gasteiger partial charge >= 0.3 is 0 Å². The highest BCUT2D eigenvalue weighted by atomic mass is 79.9. The Kier molecular flexibility index (Phi) is 11.5. The molecule has 0 atom stereocenters. The van der Waals surface area contributed by atoms with Crippen LogP contribution >= 0.6 is 77.6 Å². The van der Waals surface area contributed by atoms with Crippen LogP contribution in [0.15, 0.2) is 25.2 Å². The van der Waals surface area contributed by atoms with Gasteiger partial charge in [0.05, 0.1) is 32.3 Å². The van der Waals surface area contributed by atoms with Gasteiger partial charge in [0.1, 0.15) is 11.0 Å². The Bertz CT molecular complexity index is 1680. The molecule has 0 aliphatic heterocycles. The normalized spacial score (nSPS) is 12.0. The van der Waals surface area contributed by atoms with E-state index in [4.69, 9.17) is 0 Å². The number of halogens is 4. The van der Waals surface area contributed by atoms with E-state index in [0.29, 0.717) is 20.8 Å². The molecule has 3 nitrogen and oxygen atoms in total. The fourth-order valence-electron chi connectivity index (χ4n) is 4.98. The summed E-state index contributed by atoms with van der Waals surface area (Å²) < 4.78 is 42.7. The average molecular weight is 772 g/mol. The molecule has 0 aliphatic rings. The third kappa shape index (κ3) is 7.29. The summed E-state index contributed by atoms with van der Waals surface area (Å²) in [5.41, 5.74) is 4.39. The van der Waals surface area contributed by atoms with E-state index in [0.717, 1.165) is 79.7 Å². The number of nitrogens with zero attached hydrogens (tertiary/aromatic N) is 3. The summed E-state index contributed by atoms with van der Waals surface area (Å²) in [4.78, 5) is 6.90. The zero-order valence-corrected chi connectivity index (χ0v) is 29.9. The zero-order chi connectivity index (χ0) is 29.6. The summed E-state index contributed by atoms with van der Waals surface area (Å²) in [5.74, 6) is -1.71. The van der Waals surface area contributed by atoms with Gasteiger partial charge in [-0.2, -0.15) is 8.75 Å². The first-order chi connectivity index (χ1) is 20.4. The Hall–Kier alpha value is -1.37. The number of fused-ring (bicyclic) bond motifs is 1. The quantitative estimate of drug-likeness (QED) is 0.106. The maximum atomic E-state index is 16.1. The van der Waals surface area contributed by atoms with Gasteiger partial charge in [0, 0.05) is 14.6 Å². The van der Waals surface area contributed by atoms with Crippen molar-refractivity contribution in [3.63, 3.8) is 0 Å². The molecule has 0 unspecified atom stereocenters. The molecule has 4 aromatic heterocycles. The molecule has 1 aromatic carbocycles. The van der Waals surface area contributed by atoms with Crippen LogP contribution in [0.25, 0.3) is 44.1 Å². The second-order valence-corrected chi connectivity index (χ2v) is 16.4. The molecule has 0 radical (unpaired) electrons. The largest absolute Gasteiger partial charge is 0.228 e. The van der Waals surface area contributed by atoms with Gasteiger partial charge in [-0.3, -0.25) is 0 Å². The van der Waals surface area contributed by atoms with Gasteiger partial charge in [0.25, 0.3) is 0 Å². The van der Waals surface area contributed by atoms with E-state index in [1.54, 1.807) is 0 Å². The van der Waals surface area contributed by atoms with Crippen LogP contribution in [0.5, 0.6) is 0 Å². The molecule has 4 heterocycles. The Labute approximate surface area is 278 Å². The number of hydrogen-bond donors (Lipinski definition) is 0. The predicted octanol–water partition coefficient (Wildman–Crippen LogP) is 12.8. The van der Waals surface area contributed by atoms with Crippen molar-refractivity contribution in [3.05, 3.63) is 58.5 Å². The van der Waals surface area contributed by atoms with E-state index in [1.165, 1.54) is 59.7 Å². The maximum Gasteiger partial charge on any atom is 0.170 e. The summed E-state index contributed by atoms with van der Waals surface area (Å²) in [6.45, 7) is 4.39. The summed E-state index contributed by atoms with van der Waals surface area (Å²) in [6.07, 6.45) is 15.0. The second kappa shape index (κ2) is 15.1. The first-order valence-electron chi connectivity index (χ1n) is 14.2. The number of rotatable bonds is 14. The first-order valence-corrected chi connectivity index (χ1v) is 19.1. The molecule has 5 rings (SSSR count). The van der Waals surface area contributed by atoms with E-state index >= 15 is 8.78 Å².